The van der Waals surface area contributed by atoms with Crippen LogP contribution in [0.3, 0.4) is 0 Å². The Kier molecular flexibility index (Phi) is 9.95. The molecule has 8 nitrogen and oxygen atoms in total. The van der Waals surface area contributed by atoms with Crippen LogP contribution in [0.15, 0.2) is 91.0 Å². The van der Waals surface area contributed by atoms with E-state index in [1.54, 1.807) is 49.9 Å². The molecule has 0 radical (unpaired) electrons. The van der Waals surface area contributed by atoms with Crippen LogP contribution in [0.4, 0.5) is 10.5 Å². The maximum atomic E-state index is 14.7. The third-order valence-electron chi connectivity index (χ3n) is 8.34. The molecule has 4 aromatic carbocycles. The monoisotopic (exact) mass is 621 g/mol. The van der Waals surface area contributed by atoms with Crippen LogP contribution in [-0.2, 0) is 27.2 Å². The Morgan fingerprint density at radius 1 is 0.891 bits per heavy atom. The number of phenols is 1. The number of aromatic hydroxyl groups is 1. The van der Waals surface area contributed by atoms with Crippen LogP contribution < -0.4 is 10.6 Å². The van der Waals surface area contributed by atoms with Crippen molar-refractivity contribution in [1.82, 2.24) is 10.2 Å². The number of alkyl carbamates (subject to hydrolysis) is 1. The summed E-state index contributed by atoms with van der Waals surface area (Å²) in [7, 11) is 0. The van der Waals surface area contributed by atoms with Crippen LogP contribution in [-0.4, -0.2) is 45.6 Å². The molecule has 0 aromatic heterocycles. The molecule has 46 heavy (non-hydrogen) atoms. The highest BCUT2D eigenvalue weighted by atomic mass is 16.6. The van der Waals surface area contributed by atoms with Crippen LogP contribution in [0.2, 0.25) is 0 Å². The number of amides is 3. The number of phenolic OH excluding ortho intramolecular Hbond substituents is 1. The van der Waals surface area contributed by atoms with Gasteiger partial charge in [0.1, 0.15) is 23.4 Å². The maximum absolute atomic E-state index is 14.7. The van der Waals surface area contributed by atoms with Crippen molar-refractivity contribution in [2.45, 2.75) is 83.5 Å². The number of nitrogens with zero attached hydrogens (tertiary/aromatic N) is 1. The van der Waals surface area contributed by atoms with E-state index in [2.05, 4.69) is 17.6 Å². The Balaban J connectivity index is 1.53. The summed E-state index contributed by atoms with van der Waals surface area (Å²) in [5.74, 6) is -0.605. The zero-order chi connectivity index (χ0) is 32.8. The van der Waals surface area contributed by atoms with E-state index in [0.29, 0.717) is 11.3 Å². The number of ether oxygens (including phenoxy) is 1. The zero-order valence-corrected chi connectivity index (χ0v) is 27.0. The van der Waals surface area contributed by atoms with E-state index in [0.717, 1.165) is 47.6 Å². The quantitative estimate of drug-likeness (QED) is 0.172. The predicted molar refractivity (Wildman–Crippen MR) is 181 cm³/mol. The third kappa shape index (κ3) is 8.05. The van der Waals surface area contributed by atoms with E-state index in [1.807, 2.05) is 66.7 Å². The van der Waals surface area contributed by atoms with Gasteiger partial charge in [-0.3, -0.25) is 9.59 Å². The molecular weight excluding hydrogens is 578 g/mol. The van der Waals surface area contributed by atoms with Crippen molar-refractivity contribution >= 4 is 34.4 Å². The number of carbonyl (C=O) groups is 3. The summed E-state index contributed by atoms with van der Waals surface area (Å²) < 4.78 is 5.55. The SMILES string of the molecule is CCc1ccc(C(C(=O)Nc2ccc3ccccc3c2)N(C(=O)C(Cc2ccc(O)cc2)NC(=O)OC(C)(C)C)C2CCC2)cc1. The fourth-order valence-electron chi connectivity index (χ4n) is 5.73. The first-order valence-corrected chi connectivity index (χ1v) is 16.0. The molecule has 0 saturated heterocycles. The van der Waals surface area contributed by atoms with Gasteiger partial charge in [0, 0.05) is 18.2 Å². The van der Waals surface area contributed by atoms with Gasteiger partial charge in [0.25, 0.3) is 5.91 Å². The largest absolute Gasteiger partial charge is 0.508 e. The van der Waals surface area contributed by atoms with E-state index in [9.17, 15) is 19.5 Å². The second-order valence-electron chi connectivity index (χ2n) is 12.9. The first-order valence-electron chi connectivity index (χ1n) is 16.0. The Morgan fingerprint density at radius 2 is 1.54 bits per heavy atom. The smallest absolute Gasteiger partial charge is 0.408 e. The van der Waals surface area contributed by atoms with Gasteiger partial charge in [-0.05, 0) is 98.2 Å². The zero-order valence-electron chi connectivity index (χ0n) is 27.0. The highest BCUT2D eigenvalue weighted by Crippen LogP contribution is 2.35. The van der Waals surface area contributed by atoms with E-state index in [4.69, 9.17) is 4.74 Å². The first kappa shape index (κ1) is 32.5. The standard InChI is InChI=1S/C38H43N3O5/c1-5-25-13-17-28(18-14-25)34(35(43)39-30-20-19-27-9-6-7-10-29(27)24-30)41(31-11-8-12-31)36(44)33(40-37(45)46-38(2,3)4)23-26-15-21-32(42)22-16-26/h6-7,9-10,13-22,24,31,33-34,42H,5,8,11-12,23H2,1-4H3,(H,39,43)(H,40,45). The summed E-state index contributed by atoms with van der Waals surface area (Å²) >= 11 is 0. The van der Waals surface area contributed by atoms with Gasteiger partial charge in [-0.15, -0.1) is 0 Å². The number of benzene rings is 4. The highest BCUT2D eigenvalue weighted by Gasteiger charge is 2.42. The number of carbonyl (C=O) groups excluding carboxylic acids is 3. The number of hydrogen-bond acceptors (Lipinski definition) is 5. The molecule has 1 aliphatic carbocycles. The first-order chi connectivity index (χ1) is 22.0. The maximum Gasteiger partial charge on any atom is 0.408 e. The molecule has 4 aromatic rings. The number of hydrogen-bond donors (Lipinski definition) is 3. The lowest BCUT2D eigenvalue weighted by atomic mass is 9.87. The molecule has 5 rings (SSSR count). The molecule has 3 amide bonds. The lowest BCUT2D eigenvalue weighted by molar-refractivity contribution is -0.145. The van der Waals surface area contributed by atoms with Gasteiger partial charge in [0.05, 0.1) is 0 Å². The van der Waals surface area contributed by atoms with Crippen molar-refractivity contribution in [2.75, 3.05) is 5.32 Å². The average molecular weight is 622 g/mol. The summed E-state index contributed by atoms with van der Waals surface area (Å²) in [5.41, 5.74) is 2.41. The fraction of sp³-hybridized carbons (Fsp3) is 0.342. The number of rotatable bonds is 10. The minimum absolute atomic E-state index is 0.101. The number of fused-ring (bicyclic) bond motifs is 1. The van der Waals surface area contributed by atoms with Gasteiger partial charge in [-0.25, -0.2) is 4.79 Å². The number of nitrogens with one attached hydrogen (secondary N) is 2. The fourth-order valence-corrected chi connectivity index (χ4v) is 5.73. The molecule has 2 unspecified atom stereocenters. The van der Waals surface area contributed by atoms with Crippen molar-refractivity contribution in [3.63, 3.8) is 0 Å². The van der Waals surface area contributed by atoms with Crippen molar-refractivity contribution in [1.29, 1.82) is 0 Å². The second-order valence-corrected chi connectivity index (χ2v) is 12.9. The van der Waals surface area contributed by atoms with Crippen molar-refractivity contribution in [3.05, 3.63) is 108 Å². The number of anilines is 1. The summed E-state index contributed by atoms with van der Waals surface area (Å²) in [4.78, 5) is 43.9. The van der Waals surface area contributed by atoms with Gasteiger partial charge >= 0.3 is 6.09 Å². The van der Waals surface area contributed by atoms with E-state index in [-0.39, 0.29) is 30.0 Å². The van der Waals surface area contributed by atoms with Gasteiger partial charge in [-0.2, -0.15) is 0 Å². The summed E-state index contributed by atoms with van der Waals surface area (Å²) in [6.45, 7) is 7.35. The highest BCUT2D eigenvalue weighted by molar-refractivity contribution is 6.00. The molecule has 1 aliphatic rings. The van der Waals surface area contributed by atoms with Crippen LogP contribution in [0.1, 0.15) is 69.7 Å². The van der Waals surface area contributed by atoms with Crippen molar-refractivity contribution in [3.8, 4) is 5.75 Å². The summed E-state index contributed by atoms with van der Waals surface area (Å²) in [5, 5.41) is 17.8. The molecule has 0 heterocycles. The van der Waals surface area contributed by atoms with Gasteiger partial charge in [0.15, 0.2) is 0 Å². The molecule has 0 spiro atoms. The number of aryl methyl sites for hydroxylation is 1. The molecule has 0 aliphatic heterocycles. The normalized spacial score (nSPS) is 14.5. The lowest BCUT2D eigenvalue weighted by Crippen LogP contribution is -2.57. The van der Waals surface area contributed by atoms with Crippen LogP contribution in [0.5, 0.6) is 5.75 Å². The van der Waals surface area contributed by atoms with Gasteiger partial charge < -0.3 is 25.4 Å². The van der Waals surface area contributed by atoms with Crippen LogP contribution >= 0.6 is 0 Å². The molecule has 1 saturated carbocycles. The molecular formula is C38H43N3O5. The van der Waals surface area contributed by atoms with Gasteiger partial charge in [0.2, 0.25) is 5.91 Å². The Morgan fingerprint density at radius 3 is 2.15 bits per heavy atom. The van der Waals surface area contributed by atoms with Gasteiger partial charge in [-0.1, -0.05) is 73.7 Å². The van der Waals surface area contributed by atoms with Crippen molar-refractivity contribution in [2.24, 2.45) is 0 Å². The Labute approximate surface area is 270 Å². The second kappa shape index (κ2) is 14.1. The molecule has 1 fully saturated rings. The summed E-state index contributed by atoms with van der Waals surface area (Å²) in [6, 6.07) is 25.9. The van der Waals surface area contributed by atoms with E-state index < -0.39 is 23.8 Å². The van der Waals surface area contributed by atoms with E-state index >= 15 is 0 Å². The molecule has 2 atom stereocenters. The summed E-state index contributed by atoms with van der Waals surface area (Å²) in [6.07, 6.45) is 2.70. The van der Waals surface area contributed by atoms with Crippen LogP contribution in [0, 0.1) is 0 Å². The molecule has 0 bridgehead atoms. The Hall–Kier alpha value is -4.85. The minimum Gasteiger partial charge on any atom is -0.508 e. The van der Waals surface area contributed by atoms with Crippen molar-refractivity contribution < 1.29 is 24.2 Å². The van der Waals surface area contributed by atoms with E-state index in [1.165, 1.54) is 0 Å². The third-order valence-corrected chi connectivity index (χ3v) is 8.34. The topological polar surface area (TPSA) is 108 Å². The lowest BCUT2D eigenvalue weighted by Gasteiger charge is -2.43. The van der Waals surface area contributed by atoms with Crippen LogP contribution in [0.25, 0.3) is 10.8 Å². The molecule has 3 N–H and O–H groups in total. The Bertz CT molecular complexity index is 1670. The molecule has 8 heteroatoms. The average Bonchev–Trinajstić information content (AvgIpc) is 2.99. The predicted octanol–water partition coefficient (Wildman–Crippen LogP) is 7.30. The molecule has 240 valence electrons. The minimum atomic E-state index is -1.02.